The molecule has 0 aliphatic carbocycles. The van der Waals surface area contributed by atoms with Gasteiger partial charge < -0.3 is 9.47 Å². The van der Waals surface area contributed by atoms with E-state index in [1.807, 2.05) is 90.1 Å². The molecule has 4 heteroatoms. The molecule has 3 rings (SSSR count). The number of hydrogen-bond donors (Lipinski definition) is 0. The Bertz CT molecular complexity index is 869. The highest BCUT2D eigenvalue weighted by Crippen LogP contribution is 2.29. The lowest BCUT2D eigenvalue weighted by Crippen LogP contribution is -2.09. The van der Waals surface area contributed by atoms with E-state index in [0.717, 1.165) is 29.1 Å². The van der Waals surface area contributed by atoms with Crippen molar-refractivity contribution >= 4 is 17.6 Å². The lowest BCUT2D eigenvalue weighted by atomic mass is 10.1. The standard InChI is InChI=1S/C25H28N2O2/c1-20(2)16-17-29-24-15-14-21(18-25(24)28-3)19-26-27(22-10-6-4-7-11-22)23-12-8-5-9-13-23/h4-15,18-20H,16-17H2,1-3H3/b26-19-. The minimum atomic E-state index is 0.606. The van der Waals surface area contributed by atoms with Crippen molar-refractivity contribution in [2.45, 2.75) is 20.3 Å². The minimum Gasteiger partial charge on any atom is -0.493 e. The summed E-state index contributed by atoms with van der Waals surface area (Å²) in [4.78, 5) is 0. The molecule has 0 aliphatic heterocycles. The van der Waals surface area contributed by atoms with Crippen LogP contribution < -0.4 is 14.5 Å². The number of hydrogen-bond acceptors (Lipinski definition) is 4. The lowest BCUT2D eigenvalue weighted by molar-refractivity contribution is 0.273. The Morgan fingerprint density at radius 3 is 2.03 bits per heavy atom. The highest BCUT2D eigenvalue weighted by atomic mass is 16.5. The third-order valence-corrected chi connectivity index (χ3v) is 4.46. The summed E-state index contributed by atoms with van der Waals surface area (Å²) in [6.07, 6.45) is 2.84. The Labute approximate surface area is 173 Å². The first-order valence-corrected chi connectivity index (χ1v) is 9.92. The van der Waals surface area contributed by atoms with Crippen LogP contribution in [0.1, 0.15) is 25.8 Å². The first kappa shape index (κ1) is 20.5. The van der Waals surface area contributed by atoms with Crippen molar-refractivity contribution < 1.29 is 9.47 Å². The van der Waals surface area contributed by atoms with Gasteiger partial charge >= 0.3 is 0 Å². The summed E-state index contributed by atoms with van der Waals surface area (Å²) in [5.74, 6) is 2.08. The largest absolute Gasteiger partial charge is 0.493 e. The average Bonchev–Trinajstić information content (AvgIpc) is 2.76. The van der Waals surface area contributed by atoms with E-state index in [1.54, 1.807) is 7.11 Å². The van der Waals surface area contributed by atoms with Crippen LogP contribution in [0.15, 0.2) is 84.0 Å². The molecule has 0 bridgehead atoms. The lowest BCUT2D eigenvalue weighted by Gasteiger charge is -2.19. The van der Waals surface area contributed by atoms with Crippen molar-refractivity contribution in [3.05, 3.63) is 84.4 Å². The quantitative estimate of drug-likeness (QED) is 0.319. The van der Waals surface area contributed by atoms with Gasteiger partial charge in [0.25, 0.3) is 0 Å². The van der Waals surface area contributed by atoms with Crippen LogP contribution >= 0.6 is 0 Å². The summed E-state index contributed by atoms with van der Waals surface area (Å²) < 4.78 is 11.4. The molecule has 150 valence electrons. The minimum absolute atomic E-state index is 0.606. The van der Waals surface area contributed by atoms with Crippen LogP contribution in [-0.2, 0) is 0 Å². The third kappa shape index (κ3) is 5.85. The van der Waals surface area contributed by atoms with Gasteiger partial charge in [-0.3, -0.25) is 0 Å². The van der Waals surface area contributed by atoms with E-state index in [1.165, 1.54) is 0 Å². The summed E-state index contributed by atoms with van der Waals surface area (Å²) in [7, 11) is 1.66. The molecule has 3 aromatic carbocycles. The molecule has 0 fully saturated rings. The van der Waals surface area contributed by atoms with Crippen LogP contribution in [0.4, 0.5) is 11.4 Å². The number of methoxy groups -OCH3 is 1. The Balaban J connectivity index is 1.82. The van der Waals surface area contributed by atoms with E-state index in [2.05, 4.69) is 13.8 Å². The van der Waals surface area contributed by atoms with Crippen molar-refractivity contribution in [1.82, 2.24) is 0 Å². The monoisotopic (exact) mass is 388 g/mol. The van der Waals surface area contributed by atoms with Gasteiger partial charge in [-0.15, -0.1) is 0 Å². The topological polar surface area (TPSA) is 34.1 Å². The molecular weight excluding hydrogens is 360 g/mol. The molecular formula is C25H28N2O2. The third-order valence-electron chi connectivity index (χ3n) is 4.46. The second-order valence-electron chi connectivity index (χ2n) is 7.17. The molecule has 0 atom stereocenters. The number of hydrazone groups is 1. The maximum Gasteiger partial charge on any atom is 0.161 e. The van der Waals surface area contributed by atoms with E-state index in [4.69, 9.17) is 14.6 Å². The van der Waals surface area contributed by atoms with Gasteiger partial charge in [-0.05, 0) is 60.4 Å². The van der Waals surface area contributed by atoms with Crippen molar-refractivity contribution in [1.29, 1.82) is 0 Å². The van der Waals surface area contributed by atoms with Gasteiger partial charge in [0.2, 0.25) is 0 Å². The number of para-hydroxylation sites is 2. The van der Waals surface area contributed by atoms with Gasteiger partial charge in [-0.1, -0.05) is 50.2 Å². The smallest absolute Gasteiger partial charge is 0.161 e. The zero-order chi connectivity index (χ0) is 20.5. The molecule has 0 heterocycles. The maximum absolute atomic E-state index is 5.88. The van der Waals surface area contributed by atoms with E-state index in [9.17, 15) is 0 Å². The first-order chi connectivity index (χ1) is 14.2. The van der Waals surface area contributed by atoms with E-state index < -0.39 is 0 Å². The Kier molecular flexibility index (Phi) is 7.28. The normalized spacial score (nSPS) is 11.0. The Morgan fingerprint density at radius 2 is 1.48 bits per heavy atom. The zero-order valence-electron chi connectivity index (χ0n) is 17.3. The zero-order valence-corrected chi connectivity index (χ0v) is 17.3. The predicted octanol–water partition coefficient (Wildman–Crippen LogP) is 6.29. The number of rotatable bonds is 9. The average molecular weight is 389 g/mol. The van der Waals surface area contributed by atoms with Crippen LogP contribution in [0, 0.1) is 5.92 Å². The first-order valence-electron chi connectivity index (χ1n) is 9.92. The van der Waals surface area contributed by atoms with Gasteiger partial charge in [0.1, 0.15) is 0 Å². The van der Waals surface area contributed by atoms with Crippen molar-refractivity contribution in [2.24, 2.45) is 11.0 Å². The van der Waals surface area contributed by atoms with Gasteiger partial charge in [-0.25, -0.2) is 5.01 Å². The summed E-state index contributed by atoms with van der Waals surface area (Å²) in [5.41, 5.74) is 2.93. The van der Waals surface area contributed by atoms with Gasteiger partial charge in [0.15, 0.2) is 11.5 Å². The van der Waals surface area contributed by atoms with Crippen LogP contribution in [0.25, 0.3) is 0 Å². The van der Waals surface area contributed by atoms with Crippen molar-refractivity contribution in [3.63, 3.8) is 0 Å². The van der Waals surface area contributed by atoms with E-state index in [0.29, 0.717) is 18.3 Å². The SMILES string of the molecule is COc1cc(/C=N\N(c2ccccc2)c2ccccc2)ccc1OCCC(C)C. The fourth-order valence-electron chi connectivity index (χ4n) is 2.83. The predicted molar refractivity (Wildman–Crippen MR) is 121 cm³/mol. The maximum atomic E-state index is 5.88. The fraction of sp³-hybridized carbons (Fsp3) is 0.240. The van der Waals surface area contributed by atoms with Crippen LogP contribution in [-0.4, -0.2) is 19.9 Å². The highest BCUT2D eigenvalue weighted by molar-refractivity contribution is 5.83. The van der Waals surface area contributed by atoms with Crippen molar-refractivity contribution in [2.75, 3.05) is 18.7 Å². The second-order valence-corrected chi connectivity index (χ2v) is 7.17. The molecule has 0 aromatic heterocycles. The number of benzene rings is 3. The van der Waals surface area contributed by atoms with Crippen molar-refractivity contribution in [3.8, 4) is 11.5 Å². The Morgan fingerprint density at radius 1 is 0.862 bits per heavy atom. The molecule has 0 radical (unpaired) electrons. The molecule has 0 aliphatic rings. The molecule has 3 aromatic rings. The molecule has 0 unspecified atom stereocenters. The van der Waals surface area contributed by atoms with Gasteiger partial charge in [0.05, 0.1) is 31.3 Å². The van der Waals surface area contributed by atoms with E-state index in [-0.39, 0.29) is 0 Å². The summed E-state index contributed by atoms with van der Waals surface area (Å²) >= 11 is 0. The molecule has 0 saturated carbocycles. The molecule has 4 nitrogen and oxygen atoms in total. The number of anilines is 2. The molecule has 0 saturated heterocycles. The summed E-state index contributed by atoms with van der Waals surface area (Å²) in [5, 5.41) is 6.65. The van der Waals surface area contributed by atoms with Gasteiger partial charge in [0, 0.05) is 0 Å². The summed E-state index contributed by atoms with van der Waals surface area (Å²) in [6.45, 7) is 5.05. The molecule has 0 spiro atoms. The molecule has 0 amide bonds. The summed E-state index contributed by atoms with van der Waals surface area (Å²) in [6, 6.07) is 26.1. The molecule has 0 N–H and O–H groups in total. The molecule has 29 heavy (non-hydrogen) atoms. The van der Waals surface area contributed by atoms with Gasteiger partial charge in [-0.2, -0.15) is 5.10 Å². The number of nitrogens with zero attached hydrogens (tertiary/aromatic N) is 2. The highest BCUT2D eigenvalue weighted by Gasteiger charge is 2.08. The fourth-order valence-corrected chi connectivity index (χ4v) is 2.83. The Hall–Kier alpha value is -3.27. The van der Waals surface area contributed by atoms with Crippen LogP contribution in [0.2, 0.25) is 0 Å². The van der Waals surface area contributed by atoms with Crippen LogP contribution in [0.3, 0.4) is 0 Å². The second kappa shape index (κ2) is 10.3. The van der Waals surface area contributed by atoms with E-state index >= 15 is 0 Å². The van der Waals surface area contributed by atoms with Crippen LogP contribution in [0.5, 0.6) is 11.5 Å². The number of ether oxygens (including phenoxy) is 2.